The van der Waals surface area contributed by atoms with Crippen LogP contribution in [0.15, 0.2) is 53.8 Å². The summed E-state index contributed by atoms with van der Waals surface area (Å²) in [5, 5.41) is 8.65. The number of nitrogens with one attached hydrogen (secondary N) is 1. The van der Waals surface area contributed by atoms with Crippen molar-refractivity contribution in [3.63, 3.8) is 0 Å². The number of anilines is 1. The van der Waals surface area contributed by atoms with Crippen LogP contribution in [0.25, 0.3) is 5.69 Å². The number of nitrogens with zero attached hydrogens (tertiary/aromatic N) is 5. The van der Waals surface area contributed by atoms with E-state index in [0.29, 0.717) is 24.1 Å². The molecule has 1 aliphatic heterocycles. The molecule has 0 unspecified atom stereocenters. The van der Waals surface area contributed by atoms with Gasteiger partial charge in [0.2, 0.25) is 5.95 Å². The first-order valence-electron chi connectivity index (χ1n) is 9.60. The second kappa shape index (κ2) is 8.46. The van der Waals surface area contributed by atoms with Crippen LogP contribution in [-0.4, -0.2) is 43.3 Å². The number of hydrogen-bond donors (Lipinski definition) is 2. The Hall–Kier alpha value is -3.53. The predicted molar refractivity (Wildman–Crippen MR) is 106 cm³/mol. The fourth-order valence-electron chi connectivity index (χ4n) is 3.61. The van der Waals surface area contributed by atoms with Gasteiger partial charge in [0.15, 0.2) is 0 Å². The second-order valence-electron chi connectivity index (χ2n) is 7.22. The van der Waals surface area contributed by atoms with Gasteiger partial charge in [0.25, 0.3) is 5.91 Å². The quantitative estimate of drug-likeness (QED) is 0.487. The van der Waals surface area contributed by atoms with E-state index in [4.69, 9.17) is 5.21 Å². The number of carbonyl (C=O) groups excluding carboxylic acids is 1. The van der Waals surface area contributed by atoms with Crippen molar-refractivity contribution in [2.45, 2.75) is 19.4 Å². The molecule has 0 atom stereocenters. The molecule has 0 spiro atoms. The zero-order valence-corrected chi connectivity index (χ0v) is 16.1. The summed E-state index contributed by atoms with van der Waals surface area (Å²) in [5.41, 5.74) is 2.21. The number of amides is 1. The van der Waals surface area contributed by atoms with E-state index in [-0.39, 0.29) is 17.1 Å². The van der Waals surface area contributed by atoms with E-state index >= 15 is 0 Å². The Morgan fingerprint density at radius 1 is 1.13 bits per heavy atom. The zero-order chi connectivity index (χ0) is 21.1. The number of carbonyl (C=O) groups is 1. The summed E-state index contributed by atoms with van der Waals surface area (Å²) >= 11 is 0. The highest BCUT2D eigenvalue weighted by molar-refractivity contribution is 5.92. The number of halogens is 1. The van der Waals surface area contributed by atoms with Gasteiger partial charge in [0.1, 0.15) is 5.82 Å². The lowest BCUT2D eigenvalue weighted by Gasteiger charge is -2.31. The van der Waals surface area contributed by atoms with Gasteiger partial charge < -0.3 is 4.90 Å². The predicted octanol–water partition coefficient (Wildman–Crippen LogP) is 1.60. The van der Waals surface area contributed by atoms with Crippen LogP contribution in [0.5, 0.6) is 0 Å². The largest absolute Gasteiger partial charge is 0.341 e. The van der Waals surface area contributed by atoms with Crippen molar-refractivity contribution >= 4 is 11.9 Å². The average molecular weight is 412 g/mol. The van der Waals surface area contributed by atoms with Crippen molar-refractivity contribution in [2.75, 3.05) is 18.0 Å². The van der Waals surface area contributed by atoms with Gasteiger partial charge in [-0.25, -0.2) is 24.6 Å². The monoisotopic (exact) mass is 412 g/mol. The highest BCUT2D eigenvalue weighted by atomic mass is 19.1. The molecule has 3 heterocycles. The van der Waals surface area contributed by atoms with Crippen LogP contribution in [0.4, 0.5) is 10.3 Å². The molecule has 4 rings (SSSR count). The lowest BCUT2D eigenvalue weighted by Crippen LogP contribution is -2.37. The summed E-state index contributed by atoms with van der Waals surface area (Å²) in [5.74, 6) is -0.128. The highest BCUT2D eigenvalue weighted by Gasteiger charge is 2.22. The Morgan fingerprint density at radius 3 is 2.43 bits per heavy atom. The molecular weight excluding hydrogens is 391 g/mol. The molecule has 30 heavy (non-hydrogen) atoms. The third kappa shape index (κ3) is 4.08. The Balaban J connectivity index is 1.37. The molecule has 1 saturated heterocycles. The summed E-state index contributed by atoms with van der Waals surface area (Å²) in [6.07, 6.45) is 7.94. The Labute approximate surface area is 171 Å². The van der Waals surface area contributed by atoms with Crippen LogP contribution in [0.3, 0.4) is 0 Å². The van der Waals surface area contributed by atoms with Gasteiger partial charge in [0.05, 0.1) is 11.3 Å². The summed E-state index contributed by atoms with van der Waals surface area (Å²) in [4.78, 5) is 34.5. The lowest BCUT2D eigenvalue weighted by molar-refractivity contribution is 0.0705. The van der Waals surface area contributed by atoms with Gasteiger partial charge in [-0.3, -0.25) is 19.1 Å². The van der Waals surface area contributed by atoms with Crippen LogP contribution in [-0.2, 0) is 6.54 Å². The molecule has 0 radical (unpaired) electrons. The SMILES string of the molecule is O=C(NO)c1cnc(N2CCC(Cn3ccn(-c4ccc(F)cc4)c3=O)CC2)nc1. The van der Waals surface area contributed by atoms with E-state index < -0.39 is 5.91 Å². The summed E-state index contributed by atoms with van der Waals surface area (Å²) in [6.45, 7) is 2.09. The van der Waals surface area contributed by atoms with Gasteiger partial charge in [-0.1, -0.05) is 0 Å². The topological polar surface area (TPSA) is 105 Å². The maximum Gasteiger partial charge on any atom is 0.332 e. The maximum atomic E-state index is 13.1. The number of piperidine rings is 1. The fourth-order valence-corrected chi connectivity index (χ4v) is 3.61. The molecule has 0 bridgehead atoms. The molecule has 1 fully saturated rings. The second-order valence-corrected chi connectivity index (χ2v) is 7.22. The standard InChI is InChI=1S/C20H21FN6O3/c21-16-1-3-17(4-2-16)27-10-9-26(20(27)29)13-14-5-7-25(8-6-14)19-22-11-15(12-23-19)18(28)24-30/h1-4,9-12,14,30H,5-8,13H2,(H,24,28). The summed E-state index contributed by atoms with van der Waals surface area (Å²) < 4.78 is 16.3. The molecule has 0 saturated carbocycles. The highest BCUT2D eigenvalue weighted by Crippen LogP contribution is 2.22. The molecular formula is C20H21FN6O3. The number of hydrogen-bond acceptors (Lipinski definition) is 6. The third-order valence-electron chi connectivity index (χ3n) is 5.31. The molecule has 0 aliphatic carbocycles. The minimum absolute atomic E-state index is 0.148. The first-order valence-corrected chi connectivity index (χ1v) is 9.60. The molecule has 2 aromatic heterocycles. The lowest BCUT2D eigenvalue weighted by atomic mass is 9.97. The Morgan fingerprint density at radius 2 is 1.80 bits per heavy atom. The van der Waals surface area contributed by atoms with Gasteiger partial charge in [-0.15, -0.1) is 0 Å². The Kier molecular flexibility index (Phi) is 5.57. The van der Waals surface area contributed by atoms with Crippen molar-refractivity contribution in [3.05, 3.63) is 70.9 Å². The van der Waals surface area contributed by atoms with Crippen LogP contribution < -0.4 is 16.1 Å². The maximum absolute atomic E-state index is 13.1. The molecule has 10 heteroatoms. The van der Waals surface area contributed by atoms with Crippen LogP contribution in [0, 0.1) is 11.7 Å². The molecule has 1 aliphatic rings. The molecule has 1 amide bonds. The number of rotatable bonds is 5. The van der Waals surface area contributed by atoms with Gasteiger partial charge >= 0.3 is 5.69 Å². The van der Waals surface area contributed by atoms with E-state index in [2.05, 4.69) is 9.97 Å². The number of benzene rings is 1. The van der Waals surface area contributed by atoms with Gasteiger partial charge in [0, 0.05) is 44.4 Å². The van der Waals surface area contributed by atoms with E-state index in [0.717, 1.165) is 25.9 Å². The van der Waals surface area contributed by atoms with Crippen LogP contribution in [0.2, 0.25) is 0 Å². The van der Waals surface area contributed by atoms with Crippen LogP contribution >= 0.6 is 0 Å². The zero-order valence-electron chi connectivity index (χ0n) is 16.1. The molecule has 1 aromatic carbocycles. The van der Waals surface area contributed by atoms with E-state index in [1.807, 2.05) is 4.90 Å². The fraction of sp³-hybridized carbons (Fsp3) is 0.300. The summed E-state index contributed by atoms with van der Waals surface area (Å²) in [7, 11) is 0. The van der Waals surface area contributed by atoms with Crippen LogP contribution in [0.1, 0.15) is 23.2 Å². The number of aromatic nitrogens is 4. The van der Waals surface area contributed by atoms with Crippen molar-refractivity contribution in [1.29, 1.82) is 0 Å². The third-order valence-corrected chi connectivity index (χ3v) is 5.31. The molecule has 9 nitrogen and oxygen atoms in total. The van der Waals surface area contributed by atoms with Crippen molar-refractivity contribution in [3.8, 4) is 5.69 Å². The first kappa shape index (κ1) is 19.8. The number of hydroxylamine groups is 1. The Bertz CT molecular complexity index is 1070. The van der Waals surface area contributed by atoms with E-state index in [9.17, 15) is 14.0 Å². The average Bonchev–Trinajstić information content (AvgIpc) is 3.14. The van der Waals surface area contributed by atoms with E-state index in [1.165, 1.54) is 29.1 Å². The van der Waals surface area contributed by atoms with Crippen molar-refractivity contribution in [1.82, 2.24) is 24.6 Å². The summed E-state index contributed by atoms with van der Waals surface area (Å²) in [6, 6.07) is 5.82. The van der Waals surface area contributed by atoms with E-state index in [1.54, 1.807) is 34.6 Å². The smallest absolute Gasteiger partial charge is 0.332 e. The molecule has 2 N–H and O–H groups in total. The van der Waals surface area contributed by atoms with Gasteiger partial charge in [-0.2, -0.15) is 0 Å². The minimum atomic E-state index is -0.654. The van der Waals surface area contributed by atoms with Crippen molar-refractivity contribution in [2.24, 2.45) is 5.92 Å². The minimum Gasteiger partial charge on any atom is -0.341 e. The number of imidazole rings is 1. The molecule has 3 aromatic rings. The van der Waals surface area contributed by atoms with Crippen molar-refractivity contribution < 1.29 is 14.4 Å². The normalized spacial score (nSPS) is 14.7. The first-order chi connectivity index (χ1) is 14.5. The van der Waals surface area contributed by atoms with Gasteiger partial charge in [-0.05, 0) is 43.0 Å². The molecule has 156 valence electrons.